The van der Waals surface area contributed by atoms with E-state index in [-0.39, 0.29) is 5.54 Å². The van der Waals surface area contributed by atoms with Crippen molar-refractivity contribution in [3.63, 3.8) is 0 Å². The Morgan fingerprint density at radius 2 is 2.06 bits per heavy atom. The molecule has 0 spiro atoms. The lowest BCUT2D eigenvalue weighted by molar-refractivity contribution is 0.00107. The second-order valence-corrected chi connectivity index (χ2v) is 6.93. The van der Waals surface area contributed by atoms with Crippen molar-refractivity contribution in [1.29, 1.82) is 0 Å². The molecule has 4 heteroatoms. The molecule has 1 aliphatic carbocycles. The molecule has 0 aromatic rings. The van der Waals surface area contributed by atoms with Crippen LogP contribution in [0.15, 0.2) is 0 Å². The number of rotatable bonds is 6. The number of nitrogens with two attached hydrogens (primary N) is 1. The molecule has 0 aromatic heterocycles. The monoisotopic (exact) mass is 272 g/mol. The summed E-state index contributed by atoms with van der Waals surface area (Å²) in [4.78, 5) is 2.66. The zero-order chi connectivity index (χ0) is 13.0. The Balaban J connectivity index is 2.05. The summed E-state index contributed by atoms with van der Waals surface area (Å²) < 4.78 is 5.52. The smallest absolute Gasteiger partial charge is 0.0661 e. The average molecular weight is 272 g/mol. The largest absolute Gasteiger partial charge is 0.383 e. The molecule has 1 saturated heterocycles. The molecule has 0 radical (unpaired) electrons. The van der Waals surface area contributed by atoms with Crippen LogP contribution in [0.5, 0.6) is 0 Å². The van der Waals surface area contributed by atoms with Gasteiger partial charge in [0.15, 0.2) is 0 Å². The molecule has 0 bridgehead atoms. The topological polar surface area (TPSA) is 38.5 Å². The Hall–Kier alpha value is 0.230. The molecule has 106 valence electrons. The predicted octanol–water partition coefficient (Wildman–Crippen LogP) is 1.96. The second kappa shape index (κ2) is 6.60. The first-order valence-corrected chi connectivity index (χ1v) is 8.52. The third-order valence-corrected chi connectivity index (χ3v) is 5.86. The van der Waals surface area contributed by atoms with Crippen molar-refractivity contribution >= 4 is 11.8 Å². The standard InChI is InChI=1S/C14H28N2OS/c1-17-11-14(10-15,12-5-6-12)16-8-3-4-13(18-2)7-9-16/h12-13H,3-11,15H2,1-2H3. The minimum atomic E-state index is 0.127. The molecular formula is C14H28N2OS. The van der Waals surface area contributed by atoms with Gasteiger partial charge in [0.1, 0.15) is 0 Å². The van der Waals surface area contributed by atoms with Gasteiger partial charge in [0.05, 0.1) is 12.1 Å². The normalized spacial score (nSPS) is 29.8. The van der Waals surface area contributed by atoms with Gasteiger partial charge in [-0.05, 0) is 57.4 Å². The van der Waals surface area contributed by atoms with Crippen LogP contribution in [0.4, 0.5) is 0 Å². The number of ether oxygens (including phenoxy) is 1. The number of hydrogen-bond acceptors (Lipinski definition) is 4. The number of likely N-dealkylation sites (tertiary alicyclic amines) is 1. The lowest BCUT2D eigenvalue weighted by Crippen LogP contribution is -2.59. The maximum atomic E-state index is 6.16. The first kappa shape index (κ1) is 14.6. The number of nitrogens with zero attached hydrogens (tertiary/aromatic N) is 1. The van der Waals surface area contributed by atoms with Crippen molar-refractivity contribution in [2.75, 3.05) is 39.6 Å². The van der Waals surface area contributed by atoms with Gasteiger partial charge < -0.3 is 10.5 Å². The average Bonchev–Trinajstić information content (AvgIpc) is 3.22. The van der Waals surface area contributed by atoms with Crippen LogP contribution in [0.25, 0.3) is 0 Å². The Morgan fingerprint density at radius 1 is 1.28 bits per heavy atom. The van der Waals surface area contributed by atoms with E-state index in [1.54, 1.807) is 0 Å². The zero-order valence-corrected chi connectivity index (χ0v) is 12.7. The minimum Gasteiger partial charge on any atom is -0.383 e. The van der Waals surface area contributed by atoms with Gasteiger partial charge in [0, 0.05) is 18.9 Å². The van der Waals surface area contributed by atoms with Crippen LogP contribution >= 0.6 is 11.8 Å². The van der Waals surface area contributed by atoms with Gasteiger partial charge in [-0.15, -0.1) is 0 Å². The van der Waals surface area contributed by atoms with E-state index >= 15 is 0 Å². The van der Waals surface area contributed by atoms with E-state index < -0.39 is 0 Å². The van der Waals surface area contributed by atoms with E-state index in [2.05, 4.69) is 11.2 Å². The van der Waals surface area contributed by atoms with E-state index in [4.69, 9.17) is 10.5 Å². The van der Waals surface area contributed by atoms with Crippen molar-refractivity contribution in [3.05, 3.63) is 0 Å². The third kappa shape index (κ3) is 3.03. The van der Waals surface area contributed by atoms with Gasteiger partial charge in [0.2, 0.25) is 0 Å². The molecule has 3 nitrogen and oxygen atoms in total. The predicted molar refractivity (Wildman–Crippen MR) is 79.1 cm³/mol. The van der Waals surface area contributed by atoms with E-state index in [0.29, 0.717) is 0 Å². The molecule has 1 saturated carbocycles. The number of hydrogen-bond donors (Lipinski definition) is 1. The second-order valence-electron chi connectivity index (χ2n) is 5.79. The highest BCUT2D eigenvalue weighted by molar-refractivity contribution is 7.99. The van der Waals surface area contributed by atoms with E-state index in [9.17, 15) is 0 Å². The van der Waals surface area contributed by atoms with Crippen molar-refractivity contribution < 1.29 is 4.74 Å². The van der Waals surface area contributed by atoms with Crippen molar-refractivity contribution in [2.45, 2.75) is 42.9 Å². The molecule has 0 amide bonds. The molecule has 2 aliphatic rings. The van der Waals surface area contributed by atoms with Gasteiger partial charge in [-0.2, -0.15) is 11.8 Å². The highest BCUT2D eigenvalue weighted by Crippen LogP contribution is 2.44. The summed E-state index contributed by atoms with van der Waals surface area (Å²) in [5.74, 6) is 0.772. The molecule has 2 rings (SSSR count). The van der Waals surface area contributed by atoms with Crippen LogP contribution in [0.3, 0.4) is 0 Å². The molecule has 2 fully saturated rings. The molecule has 0 aromatic carbocycles. The molecule has 1 aliphatic heterocycles. The zero-order valence-electron chi connectivity index (χ0n) is 11.9. The summed E-state index contributed by atoms with van der Waals surface area (Å²) in [5, 5.41) is 0.840. The molecule has 2 N–H and O–H groups in total. The quantitative estimate of drug-likeness (QED) is 0.802. The Morgan fingerprint density at radius 3 is 2.61 bits per heavy atom. The van der Waals surface area contributed by atoms with Crippen molar-refractivity contribution in [1.82, 2.24) is 4.90 Å². The first-order valence-electron chi connectivity index (χ1n) is 7.23. The fraction of sp³-hybridized carbons (Fsp3) is 1.00. The molecule has 1 heterocycles. The SMILES string of the molecule is COCC(CN)(C1CC1)N1CCCC(SC)CC1. The lowest BCUT2D eigenvalue weighted by Gasteiger charge is -2.43. The van der Waals surface area contributed by atoms with Gasteiger partial charge in [-0.25, -0.2) is 0 Å². The van der Waals surface area contributed by atoms with E-state index in [1.165, 1.54) is 45.2 Å². The van der Waals surface area contributed by atoms with Crippen LogP contribution in [0, 0.1) is 5.92 Å². The first-order chi connectivity index (χ1) is 8.76. The lowest BCUT2D eigenvalue weighted by atomic mass is 9.91. The van der Waals surface area contributed by atoms with Crippen LogP contribution in [0.2, 0.25) is 0 Å². The van der Waals surface area contributed by atoms with Crippen molar-refractivity contribution in [3.8, 4) is 0 Å². The van der Waals surface area contributed by atoms with Crippen molar-refractivity contribution in [2.24, 2.45) is 11.7 Å². The summed E-state index contributed by atoms with van der Waals surface area (Å²) >= 11 is 2.03. The number of thioether (sulfide) groups is 1. The van der Waals surface area contributed by atoms with E-state index in [1.807, 2.05) is 18.9 Å². The Bertz CT molecular complexity index is 260. The van der Waals surface area contributed by atoms with Gasteiger partial charge >= 0.3 is 0 Å². The summed E-state index contributed by atoms with van der Waals surface area (Å²) in [6.07, 6.45) is 8.89. The molecular weight excluding hydrogens is 244 g/mol. The minimum absolute atomic E-state index is 0.127. The maximum absolute atomic E-state index is 6.16. The fourth-order valence-electron chi connectivity index (χ4n) is 3.44. The number of methoxy groups -OCH3 is 1. The summed E-state index contributed by atoms with van der Waals surface area (Å²) in [5.41, 5.74) is 6.28. The van der Waals surface area contributed by atoms with Crippen LogP contribution in [-0.4, -0.2) is 55.3 Å². The van der Waals surface area contributed by atoms with Gasteiger partial charge in [0.25, 0.3) is 0 Å². The summed E-state index contributed by atoms with van der Waals surface area (Å²) in [6.45, 7) is 3.95. The third-order valence-electron chi connectivity index (χ3n) is 4.72. The Kier molecular flexibility index (Phi) is 5.36. The highest BCUT2D eigenvalue weighted by Gasteiger charge is 2.48. The molecule has 18 heavy (non-hydrogen) atoms. The van der Waals surface area contributed by atoms with Gasteiger partial charge in [-0.3, -0.25) is 4.90 Å². The summed E-state index contributed by atoms with van der Waals surface area (Å²) in [7, 11) is 1.81. The van der Waals surface area contributed by atoms with E-state index in [0.717, 1.165) is 24.3 Å². The maximum Gasteiger partial charge on any atom is 0.0661 e. The fourth-order valence-corrected chi connectivity index (χ4v) is 4.18. The van der Waals surface area contributed by atoms with Crippen LogP contribution in [0.1, 0.15) is 32.1 Å². The summed E-state index contributed by atoms with van der Waals surface area (Å²) in [6, 6.07) is 0. The Labute approximate surface area is 116 Å². The van der Waals surface area contributed by atoms with Gasteiger partial charge in [-0.1, -0.05) is 0 Å². The van der Waals surface area contributed by atoms with Crippen LogP contribution in [-0.2, 0) is 4.74 Å². The van der Waals surface area contributed by atoms with Crippen LogP contribution < -0.4 is 5.73 Å². The molecule has 2 atom stereocenters. The molecule has 2 unspecified atom stereocenters. The highest BCUT2D eigenvalue weighted by atomic mass is 32.2.